The van der Waals surface area contributed by atoms with Gasteiger partial charge in [-0.2, -0.15) is 18.2 Å². The molecular formula is C7H10F3N3O2. The number of methoxy groups -OCH3 is 1. The standard InChI is InChI=1S/C7H10F3N3O2/c1-14-3-4(11)6-12-5(15-13-6)2-7(8,9)10/h4H,2-3,11H2,1H3. The second-order valence-electron chi connectivity index (χ2n) is 2.90. The van der Waals surface area contributed by atoms with E-state index in [1.807, 2.05) is 0 Å². The van der Waals surface area contributed by atoms with E-state index in [1.165, 1.54) is 7.11 Å². The molecule has 8 heteroatoms. The molecule has 1 aromatic rings. The lowest BCUT2D eigenvalue weighted by Gasteiger charge is -2.03. The van der Waals surface area contributed by atoms with Crippen LogP contribution in [0.25, 0.3) is 0 Å². The highest BCUT2D eigenvalue weighted by Crippen LogP contribution is 2.20. The van der Waals surface area contributed by atoms with E-state index in [0.29, 0.717) is 0 Å². The number of halogens is 3. The van der Waals surface area contributed by atoms with Gasteiger partial charge < -0.3 is 15.0 Å². The number of ether oxygens (including phenoxy) is 1. The number of alkyl halides is 3. The largest absolute Gasteiger partial charge is 0.397 e. The minimum absolute atomic E-state index is 0.0103. The average Bonchev–Trinajstić information content (AvgIpc) is 2.50. The summed E-state index contributed by atoms with van der Waals surface area (Å²) in [6, 6.07) is -0.680. The number of hydrogen-bond acceptors (Lipinski definition) is 5. The van der Waals surface area contributed by atoms with Gasteiger partial charge in [0, 0.05) is 7.11 Å². The second kappa shape index (κ2) is 4.58. The molecule has 0 aliphatic rings. The van der Waals surface area contributed by atoms with Crippen LogP contribution in [0.5, 0.6) is 0 Å². The van der Waals surface area contributed by atoms with E-state index in [1.54, 1.807) is 0 Å². The Labute approximate surface area is 83.4 Å². The number of nitrogens with two attached hydrogens (primary N) is 1. The van der Waals surface area contributed by atoms with Gasteiger partial charge in [-0.25, -0.2) is 0 Å². The third kappa shape index (κ3) is 3.84. The lowest BCUT2D eigenvalue weighted by Crippen LogP contribution is -2.18. The van der Waals surface area contributed by atoms with Crippen LogP contribution in [0.15, 0.2) is 4.52 Å². The van der Waals surface area contributed by atoms with Gasteiger partial charge in [0.05, 0.1) is 12.6 Å². The first-order chi connectivity index (χ1) is 6.92. The van der Waals surface area contributed by atoms with Crippen molar-refractivity contribution >= 4 is 0 Å². The van der Waals surface area contributed by atoms with Gasteiger partial charge in [-0.1, -0.05) is 5.16 Å². The fraction of sp³-hybridized carbons (Fsp3) is 0.714. The molecule has 1 rings (SSSR count). The smallest absolute Gasteiger partial charge is 0.383 e. The maximum atomic E-state index is 11.9. The molecule has 5 nitrogen and oxygen atoms in total. The summed E-state index contributed by atoms with van der Waals surface area (Å²) in [5, 5.41) is 3.33. The van der Waals surface area contributed by atoms with Crippen LogP contribution < -0.4 is 5.73 Å². The third-order valence-corrected chi connectivity index (χ3v) is 1.51. The van der Waals surface area contributed by atoms with Crippen molar-refractivity contribution in [2.45, 2.75) is 18.6 Å². The van der Waals surface area contributed by atoms with Crippen LogP contribution in [0.3, 0.4) is 0 Å². The SMILES string of the molecule is COCC(N)c1noc(CC(F)(F)F)n1. The van der Waals surface area contributed by atoms with E-state index < -0.39 is 24.5 Å². The lowest BCUT2D eigenvalue weighted by molar-refractivity contribution is -0.131. The highest BCUT2D eigenvalue weighted by atomic mass is 19.4. The molecule has 1 unspecified atom stereocenters. The number of nitrogens with zero attached hydrogens (tertiary/aromatic N) is 2. The van der Waals surface area contributed by atoms with Gasteiger partial charge in [-0.15, -0.1) is 0 Å². The third-order valence-electron chi connectivity index (χ3n) is 1.51. The molecule has 1 heterocycles. The van der Waals surface area contributed by atoms with Crippen molar-refractivity contribution in [2.75, 3.05) is 13.7 Å². The molecule has 86 valence electrons. The Bertz CT molecular complexity index is 313. The quantitative estimate of drug-likeness (QED) is 0.821. The van der Waals surface area contributed by atoms with Gasteiger partial charge in [-0.05, 0) is 0 Å². The summed E-state index contributed by atoms with van der Waals surface area (Å²) in [6.45, 7) is 0.116. The van der Waals surface area contributed by atoms with Gasteiger partial charge in [-0.3, -0.25) is 0 Å². The number of aromatic nitrogens is 2. The van der Waals surface area contributed by atoms with Crippen molar-refractivity contribution < 1.29 is 22.4 Å². The summed E-state index contributed by atoms with van der Waals surface area (Å²) in [7, 11) is 1.41. The molecule has 0 aliphatic heterocycles. The van der Waals surface area contributed by atoms with Gasteiger partial charge >= 0.3 is 6.18 Å². The van der Waals surface area contributed by atoms with E-state index in [9.17, 15) is 13.2 Å². The first kappa shape index (κ1) is 11.9. The zero-order chi connectivity index (χ0) is 11.5. The molecule has 1 atom stereocenters. The summed E-state index contributed by atoms with van der Waals surface area (Å²) in [5.41, 5.74) is 5.49. The van der Waals surface area contributed by atoms with Crippen molar-refractivity contribution in [3.63, 3.8) is 0 Å². The predicted molar refractivity (Wildman–Crippen MR) is 42.9 cm³/mol. The van der Waals surface area contributed by atoms with Crippen LogP contribution in [0.2, 0.25) is 0 Å². The van der Waals surface area contributed by atoms with E-state index >= 15 is 0 Å². The molecule has 0 saturated heterocycles. The van der Waals surface area contributed by atoms with Gasteiger partial charge in [0.1, 0.15) is 6.42 Å². The van der Waals surface area contributed by atoms with E-state index in [2.05, 4.69) is 14.7 Å². The Kier molecular flexibility index (Phi) is 3.64. The molecule has 0 aliphatic carbocycles. The molecule has 0 fully saturated rings. The molecule has 0 amide bonds. The fourth-order valence-electron chi connectivity index (χ4n) is 0.916. The topological polar surface area (TPSA) is 74.2 Å². The molecule has 2 N–H and O–H groups in total. The molecule has 0 saturated carbocycles. The first-order valence-electron chi connectivity index (χ1n) is 4.06. The normalized spacial score (nSPS) is 14.2. The summed E-state index contributed by atoms with van der Waals surface area (Å²) in [4.78, 5) is 3.51. The van der Waals surface area contributed by atoms with Crippen molar-refractivity contribution in [3.05, 3.63) is 11.7 Å². The van der Waals surface area contributed by atoms with Crippen LogP contribution in [0.1, 0.15) is 17.8 Å². The number of rotatable bonds is 4. The maximum Gasteiger partial charge on any atom is 0.397 e. The summed E-state index contributed by atoms with van der Waals surface area (Å²) >= 11 is 0. The molecule has 0 radical (unpaired) electrons. The summed E-state index contributed by atoms with van der Waals surface area (Å²) in [5.74, 6) is -0.486. The average molecular weight is 225 g/mol. The summed E-state index contributed by atoms with van der Waals surface area (Å²) in [6.07, 6.45) is -5.62. The Morgan fingerprint density at radius 2 is 2.20 bits per heavy atom. The molecule has 1 aromatic heterocycles. The maximum absolute atomic E-state index is 11.9. The van der Waals surface area contributed by atoms with Gasteiger partial charge in [0.2, 0.25) is 5.89 Å². The molecule has 0 spiro atoms. The van der Waals surface area contributed by atoms with Crippen LogP contribution in [-0.2, 0) is 11.2 Å². The minimum atomic E-state index is -4.37. The van der Waals surface area contributed by atoms with Gasteiger partial charge in [0.15, 0.2) is 5.82 Å². The Morgan fingerprint density at radius 3 is 2.73 bits per heavy atom. The van der Waals surface area contributed by atoms with Crippen molar-refractivity contribution in [1.82, 2.24) is 10.1 Å². The van der Waals surface area contributed by atoms with E-state index in [-0.39, 0.29) is 12.4 Å². The molecule has 0 aromatic carbocycles. The Morgan fingerprint density at radius 1 is 1.53 bits per heavy atom. The lowest BCUT2D eigenvalue weighted by atomic mass is 10.3. The molecular weight excluding hydrogens is 215 g/mol. The summed E-state index contributed by atoms with van der Waals surface area (Å²) < 4.78 is 44.8. The van der Waals surface area contributed by atoms with Crippen molar-refractivity contribution in [2.24, 2.45) is 5.73 Å². The van der Waals surface area contributed by atoms with E-state index in [0.717, 1.165) is 0 Å². The van der Waals surface area contributed by atoms with Crippen molar-refractivity contribution in [1.29, 1.82) is 0 Å². The molecule has 0 bridgehead atoms. The van der Waals surface area contributed by atoms with Gasteiger partial charge in [0.25, 0.3) is 0 Å². The zero-order valence-corrected chi connectivity index (χ0v) is 7.91. The van der Waals surface area contributed by atoms with Crippen molar-refractivity contribution in [3.8, 4) is 0 Å². The highest BCUT2D eigenvalue weighted by molar-refractivity contribution is 4.93. The van der Waals surface area contributed by atoms with E-state index in [4.69, 9.17) is 10.5 Å². The minimum Gasteiger partial charge on any atom is -0.383 e. The molecule has 15 heavy (non-hydrogen) atoms. The zero-order valence-electron chi connectivity index (χ0n) is 7.91. The Balaban J connectivity index is 2.64. The monoisotopic (exact) mass is 225 g/mol. The van der Waals surface area contributed by atoms with Crippen LogP contribution in [0.4, 0.5) is 13.2 Å². The predicted octanol–water partition coefficient (Wildman–Crippen LogP) is 0.821. The highest BCUT2D eigenvalue weighted by Gasteiger charge is 2.31. The second-order valence-corrected chi connectivity index (χ2v) is 2.90. The fourth-order valence-corrected chi connectivity index (χ4v) is 0.916. The van der Waals surface area contributed by atoms with Crippen LogP contribution >= 0.6 is 0 Å². The Hall–Kier alpha value is -1.15. The van der Waals surface area contributed by atoms with Crippen LogP contribution in [-0.4, -0.2) is 30.0 Å². The first-order valence-corrected chi connectivity index (χ1v) is 4.06. The number of hydrogen-bond donors (Lipinski definition) is 1. The van der Waals surface area contributed by atoms with Crippen LogP contribution in [0, 0.1) is 0 Å².